The molecule has 0 spiro atoms. The molecule has 8 nitrogen and oxygen atoms in total. The fraction of sp³-hybridized carbons (Fsp3) is 0.0870. The van der Waals surface area contributed by atoms with Crippen molar-refractivity contribution in [3.8, 4) is 17.2 Å². The molecule has 1 aliphatic heterocycles. The second-order valence-corrected chi connectivity index (χ2v) is 6.31. The zero-order valence-corrected chi connectivity index (χ0v) is 16.7. The number of furan rings is 1. The van der Waals surface area contributed by atoms with Gasteiger partial charge in [-0.3, -0.25) is 0 Å². The monoisotopic (exact) mass is 419 g/mol. The highest BCUT2D eigenvalue weighted by Crippen LogP contribution is 2.31. The number of benzene rings is 2. The van der Waals surface area contributed by atoms with Gasteiger partial charge in [-0.15, -0.1) is 0 Å². The van der Waals surface area contributed by atoms with Gasteiger partial charge in [0.1, 0.15) is 5.75 Å². The predicted molar refractivity (Wildman–Crippen MR) is 110 cm³/mol. The van der Waals surface area contributed by atoms with Crippen molar-refractivity contribution < 1.29 is 33.0 Å². The lowest BCUT2D eigenvalue weighted by atomic mass is 10.1. The average Bonchev–Trinajstić information content (AvgIpc) is 3.45. The molecule has 0 saturated carbocycles. The molecule has 0 fully saturated rings. The summed E-state index contributed by atoms with van der Waals surface area (Å²) in [7, 11) is 2.97. The van der Waals surface area contributed by atoms with E-state index in [1.165, 1.54) is 26.5 Å². The smallest absolute Gasteiger partial charge is 0.379 e. The second-order valence-electron chi connectivity index (χ2n) is 6.31. The van der Waals surface area contributed by atoms with Gasteiger partial charge in [0.05, 0.1) is 26.0 Å². The predicted octanol–water partition coefficient (Wildman–Crippen LogP) is 3.86. The van der Waals surface area contributed by atoms with E-state index < -0.39 is 11.9 Å². The Morgan fingerprint density at radius 1 is 0.968 bits per heavy atom. The molecule has 0 aliphatic carbocycles. The second kappa shape index (κ2) is 8.58. The van der Waals surface area contributed by atoms with E-state index in [4.69, 9.17) is 23.4 Å². The van der Waals surface area contributed by atoms with Crippen LogP contribution in [0.5, 0.6) is 17.2 Å². The van der Waals surface area contributed by atoms with Crippen molar-refractivity contribution in [1.29, 1.82) is 0 Å². The lowest BCUT2D eigenvalue weighted by molar-refractivity contribution is -0.129. The first-order valence-corrected chi connectivity index (χ1v) is 9.18. The molecular formula is C23H17NO7. The first-order chi connectivity index (χ1) is 15.1. The number of cyclic esters (lactones) is 1. The Morgan fingerprint density at radius 2 is 1.77 bits per heavy atom. The number of nitrogens with zero attached hydrogens (tertiary/aromatic N) is 1. The Hall–Kier alpha value is -4.33. The summed E-state index contributed by atoms with van der Waals surface area (Å²) in [5, 5.41) is 0. The molecule has 0 atom stereocenters. The number of ether oxygens (including phenoxy) is 4. The number of carbonyl (C=O) groups is 2. The van der Waals surface area contributed by atoms with Gasteiger partial charge in [0, 0.05) is 0 Å². The van der Waals surface area contributed by atoms with Crippen LogP contribution in [-0.2, 0) is 9.53 Å². The molecule has 0 amide bonds. The third-order valence-electron chi connectivity index (χ3n) is 4.37. The van der Waals surface area contributed by atoms with Crippen LogP contribution in [-0.4, -0.2) is 32.1 Å². The fourth-order valence-electron chi connectivity index (χ4n) is 2.91. The van der Waals surface area contributed by atoms with Gasteiger partial charge in [0.25, 0.3) is 0 Å². The van der Waals surface area contributed by atoms with Crippen molar-refractivity contribution in [3.63, 3.8) is 0 Å². The Kier molecular flexibility index (Phi) is 5.53. The number of methoxy groups -OCH3 is 2. The van der Waals surface area contributed by atoms with Gasteiger partial charge in [-0.25, -0.2) is 14.6 Å². The van der Waals surface area contributed by atoms with E-state index in [0.29, 0.717) is 22.6 Å². The van der Waals surface area contributed by atoms with Crippen LogP contribution in [0.4, 0.5) is 0 Å². The largest absolute Gasteiger partial charge is 0.496 e. The van der Waals surface area contributed by atoms with Crippen LogP contribution >= 0.6 is 0 Å². The van der Waals surface area contributed by atoms with Crippen LogP contribution < -0.4 is 14.2 Å². The maximum absolute atomic E-state index is 12.3. The summed E-state index contributed by atoms with van der Waals surface area (Å²) in [6.07, 6.45) is 2.93. The van der Waals surface area contributed by atoms with E-state index in [2.05, 4.69) is 4.99 Å². The number of aliphatic imine (C=N–C) groups is 1. The Bertz CT molecular complexity index is 1190. The molecule has 2 heterocycles. The summed E-state index contributed by atoms with van der Waals surface area (Å²) in [6, 6.07) is 15.0. The minimum Gasteiger partial charge on any atom is -0.496 e. The molecule has 1 aliphatic rings. The number of para-hydroxylation sites is 1. The summed E-state index contributed by atoms with van der Waals surface area (Å²) in [4.78, 5) is 28.7. The molecular weight excluding hydrogens is 402 g/mol. The summed E-state index contributed by atoms with van der Waals surface area (Å²) in [5.74, 6) is 0.0327. The normalized spacial score (nSPS) is 14.2. The highest BCUT2D eigenvalue weighted by molar-refractivity contribution is 6.13. The van der Waals surface area contributed by atoms with Crippen LogP contribution in [0.15, 0.2) is 76.0 Å². The van der Waals surface area contributed by atoms with Gasteiger partial charge in [-0.1, -0.05) is 18.2 Å². The first kappa shape index (κ1) is 20.0. The van der Waals surface area contributed by atoms with Crippen molar-refractivity contribution >= 4 is 23.9 Å². The first-order valence-electron chi connectivity index (χ1n) is 9.18. The van der Waals surface area contributed by atoms with Gasteiger partial charge >= 0.3 is 11.9 Å². The zero-order chi connectivity index (χ0) is 21.8. The van der Waals surface area contributed by atoms with E-state index in [0.717, 1.165) is 0 Å². The van der Waals surface area contributed by atoms with Crippen molar-refractivity contribution in [2.45, 2.75) is 0 Å². The minimum atomic E-state index is -0.653. The Labute approximate surface area is 177 Å². The quantitative estimate of drug-likeness (QED) is 0.340. The molecule has 0 bridgehead atoms. The third-order valence-corrected chi connectivity index (χ3v) is 4.37. The topological polar surface area (TPSA) is 96.6 Å². The van der Waals surface area contributed by atoms with E-state index in [1.807, 2.05) is 6.07 Å². The van der Waals surface area contributed by atoms with Crippen molar-refractivity contribution in [2.24, 2.45) is 4.99 Å². The lowest BCUT2D eigenvalue weighted by Crippen LogP contribution is -2.08. The maximum Gasteiger partial charge on any atom is 0.379 e. The van der Waals surface area contributed by atoms with Crippen LogP contribution in [0.3, 0.4) is 0 Å². The maximum atomic E-state index is 12.3. The molecule has 0 saturated heterocycles. The summed E-state index contributed by atoms with van der Waals surface area (Å²) in [5.41, 5.74) is 1.29. The molecule has 4 rings (SSSR count). The standard InChI is InChI=1S/C23H17NO7/c1-27-17-7-4-3-6-15(17)21-24-16(22(25)31-21)12-14-9-10-18(20(13-14)28-2)30-23(26)19-8-5-11-29-19/h3-13H,1-2H3/b16-12-. The number of hydrogen-bond donors (Lipinski definition) is 0. The van der Waals surface area contributed by atoms with Gasteiger partial charge < -0.3 is 23.4 Å². The Morgan fingerprint density at radius 3 is 2.52 bits per heavy atom. The van der Waals surface area contributed by atoms with Gasteiger partial charge in [0.2, 0.25) is 11.7 Å². The number of carbonyl (C=O) groups excluding carboxylic acids is 2. The summed E-state index contributed by atoms with van der Waals surface area (Å²) < 4.78 is 26.2. The summed E-state index contributed by atoms with van der Waals surface area (Å²) >= 11 is 0. The minimum absolute atomic E-state index is 0.0696. The van der Waals surface area contributed by atoms with Crippen LogP contribution in [0.2, 0.25) is 0 Å². The van der Waals surface area contributed by atoms with Crippen molar-refractivity contribution in [1.82, 2.24) is 0 Å². The number of hydrogen-bond acceptors (Lipinski definition) is 8. The van der Waals surface area contributed by atoms with E-state index in [9.17, 15) is 9.59 Å². The van der Waals surface area contributed by atoms with E-state index in [-0.39, 0.29) is 23.1 Å². The summed E-state index contributed by atoms with van der Waals surface area (Å²) in [6.45, 7) is 0. The molecule has 31 heavy (non-hydrogen) atoms. The molecule has 0 N–H and O–H groups in total. The SMILES string of the molecule is COc1cc(/C=C2\N=C(c3ccccc3OC)OC2=O)ccc1OC(=O)c1ccco1. The van der Waals surface area contributed by atoms with Gasteiger partial charge in [-0.2, -0.15) is 0 Å². The fourth-order valence-corrected chi connectivity index (χ4v) is 2.91. The van der Waals surface area contributed by atoms with Crippen molar-refractivity contribution in [2.75, 3.05) is 14.2 Å². The van der Waals surface area contributed by atoms with Gasteiger partial charge in [-0.05, 0) is 48.0 Å². The molecule has 0 unspecified atom stereocenters. The third kappa shape index (κ3) is 4.18. The number of esters is 2. The zero-order valence-electron chi connectivity index (χ0n) is 16.7. The van der Waals surface area contributed by atoms with E-state index in [1.54, 1.807) is 48.5 Å². The molecule has 2 aromatic carbocycles. The van der Waals surface area contributed by atoms with Crippen LogP contribution in [0, 0.1) is 0 Å². The average molecular weight is 419 g/mol. The molecule has 1 aromatic heterocycles. The Balaban J connectivity index is 1.60. The number of rotatable bonds is 6. The molecule has 3 aromatic rings. The molecule has 0 radical (unpaired) electrons. The van der Waals surface area contributed by atoms with Crippen molar-refractivity contribution in [3.05, 3.63) is 83.4 Å². The molecule has 156 valence electrons. The van der Waals surface area contributed by atoms with Gasteiger partial charge in [0.15, 0.2) is 17.2 Å². The highest BCUT2D eigenvalue weighted by Gasteiger charge is 2.26. The molecule has 8 heteroatoms. The van der Waals surface area contributed by atoms with Crippen LogP contribution in [0.25, 0.3) is 6.08 Å². The van der Waals surface area contributed by atoms with E-state index >= 15 is 0 Å². The van der Waals surface area contributed by atoms with Crippen LogP contribution in [0.1, 0.15) is 21.7 Å². The highest BCUT2D eigenvalue weighted by atomic mass is 16.6. The lowest BCUT2D eigenvalue weighted by Gasteiger charge is -2.09.